The molecule has 6 heteroatoms. The average Bonchev–Trinajstić information content (AvgIpc) is 3.13. The van der Waals surface area contributed by atoms with E-state index in [4.69, 9.17) is 0 Å². The number of fused-ring (bicyclic) bond motifs is 1. The topological polar surface area (TPSA) is 65.5 Å². The lowest BCUT2D eigenvalue weighted by Crippen LogP contribution is -2.49. The van der Waals surface area contributed by atoms with Crippen molar-refractivity contribution in [3.8, 4) is 0 Å². The third-order valence-electron chi connectivity index (χ3n) is 6.98. The molecular formula is C22H32N4O2. The fourth-order valence-electron chi connectivity index (χ4n) is 4.70. The molecule has 0 unspecified atom stereocenters. The largest absolute Gasteiger partial charge is 0.365 e. The van der Waals surface area contributed by atoms with E-state index in [1.54, 1.807) is 6.20 Å². The van der Waals surface area contributed by atoms with Crippen LogP contribution in [0.25, 0.3) is 0 Å². The van der Waals surface area contributed by atoms with E-state index in [1.807, 2.05) is 22.9 Å². The van der Waals surface area contributed by atoms with E-state index in [0.29, 0.717) is 18.7 Å². The van der Waals surface area contributed by atoms with E-state index < -0.39 is 0 Å². The van der Waals surface area contributed by atoms with Crippen LogP contribution in [0, 0.1) is 5.41 Å². The van der Waals surface area contributed by atoms with Gasteiger partial charge in [-0.3, -0.25) is 9.59 Å². The monoisotopic (exact) mass is 384 g/mol. The molecule has 1 saturated carbocycles. The highest BCUT2D eigenvalue weighted by Crippen LogP contribution is 2.42. The molecule has 1 saturated heterocycles. The first-order valence-electron chi connectivity index (χ1n) is 10.5. The average molecular weight is 385 g/mol. The van der Waals surface area contributed by atoms with Crippen molar-refractivity contribution < 1.29 is 9.59 Å². The van der Waals surface area contributed by atoms with Crippen molar-refractivity contribution in [3.05, 3.63) is 23.4 Å². The minimum Gasteiger partial charge on any atom is -0.365 e. The molecular weight excluding hydrogens is 352 g/mol. The second kappa shape index (κ2) is 6.75. The molecule has 1 aromatic heterocycles. The lowest BCUT2D eigenvalue weighted by molar-refractivity contribution is -0.146. The molecule has 3 heterocycles. The van der Waals surface area contributed by atoms with Gasteiger partial charge in [-0.1, -0.05) is 13.3 Å². The molecule has 0 aromatic carbocycles. The second-order valence-corrected chi connectivity index (χ2v) is 9.76. The van der Waals surface area contributed by atoms with Gasteiger partial charge in [-0.2, -0.15) is 0 Å². The van der Waals surface area contributed by atoms with E-state index >= 15 is 0 Å². The smallest absolute Gasteiger partial charge is 0.255 e. The van der Waals surface area contributed by atoms with Crippen molar-refractivity contribution >= 4 is 17.6 Å². The highest BCUT2D eigenvalue weighted by atomic mass is 16.2. The van der Waals surface area contributed by atoms with Gasteiger partial charge in [-0.15, -0.1) is 0 Å². The summed E-state index contributed by atoms with van der Waals surface area (Å²) in [6, 6.07) is 2.10. The maximum absolute atomic E-state index is 13.0. The first kappa shape index (κ1) is 19.2. The number of nitrogens with zero attached hydrogens (tertiary/aromatic N) is 3. The number of likely N-dealkylation sites (N-methyl/N-ethyl adjacent to an activating group) is 1. The van der Waals surface area contributed by atoms with Gasteiger partial charge < -0.3 is 15.1 Å². The zero-order chi connectivity index (χ0) is 20.1. The molecule has 1 aromatic rings. The lowest BCUT2D eigenvalue weighted by atomic mass is 9.69. The number of carbonyl (C=O) groups excluding carboxylic acids is 2. The Morgan fingerprint density at radius 2 is 2.00 bits per heavy atom. The van der Waals surface area contributed by atoms with Crippen molar-refractivity contribution in [2.75, 3.05) is 25.5 Å². The standard InChI is InChI=1S/C22H32N4O2/c1-21(2)10-6-15-12-16(13-23-18(15)24-21)19(27)26-11-7-17(14-26)25(4)20(28)22(3)8-5-9-22/h12-13,17H,5-11,14H2,1-4H3,(H,23,24)/t17-/m0/s1. The van der Waals surface area contributed by atoms with Gasteiger partial charge >= 0.3 is 0 Å². The summed E-state index contributed by atoms with van der Waals surface area (Å²) < 4.78 is 0. The zero-order valence-corrected chi connectivity index (χ0v) is 17.5. The summed E-state index contributed by atoms with van der Waals surface area (Å²) in [5.74, 6) is 1.16. The molecule has 3 aliphatic rings. The van der Waals surface area contributed by atoms with Gasteiger partial charge in [0.15, 0.2) is 0 Å². The van der Waals surface area contributed by atoms with Crippen LogP contribution in [0.4, 0.5) is 5.82 Å². The van der Waals surface area contributed by atoms with Crippen molar-refractivity contribution in [1.82, 2.24) is 14.8 Å². The Kier molecular flexibility index (Phi) is 4.63. The molecule has 2 fully saturated rings. The van der Waals surface area contributed by atoms with Crippen LogP contribution in [-0.4, -0.2) is 58.3 Å². The van der Waals surface area contributed by atoms with E-state index in [9.17, 15) is 9.59 Å². The fourth-order valence-corrected chi connectivity index (χ4v) is 4.70. The Morgan fingerprint density at radius 3 is 2.68 bits per heavy atom. The molecule has 0 radical (unpaired) electrons. The summed E-state index contributed by atoms with van der Waals surface area (Å²) in [4.78, 5) is 34.1. The summed E-state index contributed by atoms with van der Waals surface area (Å²) in [7, 11) is 1.90. The van der Waals surface area contributed by atoms with Crippen LogP contribution in [0.5, 0.6) is 0 Å². The minimum atomic E-state index is -0.185. The number of anilines is 1. The molecule has 0 spiro atoms. The number of aryl methyl sites for hydroxylation is 1. The van der Waals surface area contributed by atoms with Crippen LogP contribution in [0.1, 0.15) is 68.8 Å². The molecule has 2 aliphatic heterocycles. The molecule has 0 bridgehead atoms. The number of amides is 2. The predicted molar refractivity (Wildman–Crippen MR) is 109 cm³/mol. The third kappa shape index (κ3) is 3.38. The van der Waals surface area contributed by atoms with Crippen LogP contribution in [0.3, 0.4) is 0 Å². The fraction of sp³-hybridized carbons (Fsp3) is 0.682. The quantitative estimate of drug-likeness (QED) is 0.870. The van der Waals surface area contributed by atoms with Gasteiger partial charge in [0.2, 0.25) is 5.91 Å². The number of hydrogen-bond acceptors (Lipinski definition) is 4. The van der Waals surface area contributed by atoms with Gasteiger partial charge in [-0.25, -0.2) is 4.98 Å². The molecule has 1 atom stereocenters. The van der Waals surface area contributed by atoms with E-state index in [2.05, 4.69) is 31.1 Å². The lowest BCUT2D eigenvalue weighted by Gasteiger charge is -2.41. The molecule has 2 amide bonds. The second-order valence-electron chi connectivity index (χ2n) is 9.76. The highest BCUT2D eigenvalue weighted by molar-refractivity contribution is 5.94. The summed E-state index contributed by atoms with van der Waals surface area (Å²) in [5, 5.41) is 3.45. The molecule has 6 nitrogen and oxygen atoms in total. The number of hydrogen-bond donors (Lipinski definition) is 1. The zero-order valence-electron chi connectivity index (χ0n) is 17.5. The summed E-state index contributed by atoms with van der Waals surface area (Å²) in [5.41, 5.74) is 1.63. The number of likely N-dealkylation sites (tertiary alicyclic amines) is 1. The van der Waals surface area contributed by atoms with E-state index in [0.717, 1.165) is 49.9 Å². The molecule has 28 heavy (non-hydrogen) atoms. The predicted octanol–water partition coefficient (Wildman–Crippen LogP) is 3.08. The van der Waals surface area contributed by atoms with Crippen LogP contribution in [0.15, 0.2) is 12.3 Å². The van der Waals surface area contributed by atoms with Gasteiger partial charge in [0.05, 0.1) is 11.6 Å². The number of pyridine rings is 1. The Morgan fingerprint density at radius 1 is 1.25 bits per heavy atom. The Bertz CT molecular complexity index is 800. The molecule has 4 rings (SSSR count). The van der Waals surface area contributed by atoms with Crippen molar-refractivity contribution in [2.24, 2.45) is 5.41 Å². The summed E-state index contributed by atoms with van der Waals surface area (Å²) in [6.07, 6.45) is 7.60. The number of rotatable bonds is 3. The van der Waals surface area contributed by atoms with Crippen molar-refractivity contribution in [3.63, 3.8) is 0 Å². The number of aromatic nitrogens is 1. The number of nitrogens with one attached hydrogen (secondary N) is 1. The molecule has 152 valence electrons. The van der Waals surface area contributed by atoms with E-state index in [1.165, 1.54) is 0 Å². The molecule has 1 N–H and O–H groups in total. The first-order valence-corrected chi connectivity index (χ1v) is 10.5. The Hall–Kier alpha value is -2.11. The first-order chi connectivity index (χ1) is 13.2. The highest BCUT2D eigenvalue weighted by Gasteiger charge is 2.43. The summed E-state index contributed by atoms with van der Waals surface area (Å²) >= 11 is 0. The minimum absolute atomic E-state index is 0.0262. The van der Waals surface area contributed by atoms with Crippen molar-refractivity contribution in [2.45, 2.75) is 70.9 Å². The van der Waals surface area contributed by atoms with Gasteiger partial charge in [0.25, 0.3) is 5.91 Å². The molecule has 1 aliphatic carbocycles. The third-order valence-corrected chi connectivity index (χ3v) is 6.98. The van der Waals surface area contributed by atoms with Crippen LogP contribution >= 0.6 is 0 Å². The SMILES string of the molecule is CN(C(=O)C1(C)CCC1)[C@H]1CCN(C(=O)c2cnc3c(c2)CCC(C)(C)N3)C1. The normalized spacial score (nSPS) is 24.7. The van der Waals surface area contributed by atoms with Crippen LogP contribution in [0.2, 0.25) is 0 Å². The Balaban J connectivity index is 1.42. The Labute approximate surface area is 167 Å². The van der Waals surface area contributed by atoms with Crippen LogP contribution < -0.4 is 5.32 Å². The maximum atomic E-state index is 13.0. The van der Waals surface area contributed by atoms with Crippen LogP contribution in [-0.2, 0) is 11.2 Å². The number of carbonyl (C=O) groups is 2. The van der Waals surface area contributed by atoms with Gasteiger partial charge in [0, 0.05) is 37.3 Å². The maximum Gasteiger partial charge on any atom is 0.255 e. The van der Waals surface area contributed by atoms with E-state index in [-0.39, 0.29) is 28.8 Å². The summed E-state index contributed by atoms with van der Waals surface area (Å²) in [6.45, 7) is 7.72. The van der Waals surface area contributed by atoms with Crippen molar-refractivity contribution in [1.29, 1.82) is 0 Å². The van der Waals surface area contributed by atoms with Gasteiger partial charge in [-0.05, 0) is 57.6 Å². The van der Waals surface area contributed by atoms with Gasteiger partial charge in [0.1, 0.15) is 5.82 Å².